The number of carbonyl (C=O) groups excluding carboxylic acids is 1. The lowest BCUT2D eigenvalue weighted by Gasteiger charge is -2.21. The van der Waals surface area contributed by atoms with Crippen LogP contribution in [0.15, 0.2) is 36.9 Å². The van der Waals surface area contributed by atoms with Crippen molar-refractivity contribution in [1.82, 2.24) is 4.90 Å². The van der Waals surface area contributed by atoms with E-state index in [0.29, 0.717) is 31.1 Å². The smallest absolute Gasteiger partial charge is 0.224 e. The van der Waals surface area contributed by atoms with E-state index in [1.165, 1.54) is 0 Å². The van der Waals surface area contributed by atoms with Gasteiger partial charge in [-0.15, -0.1) is 6.58 Å². The summed E-state index contributed by atoms with van der Waals surface area (Å²) in [6, 6.07) is 7.45. The molecule has 0 aromatic heterocycles. The average molecular weight is 253 g/mol. The second-order valence-corrected chi connectivity index (χ2v) is 4.16. The van der Waals surface area contributed by atoms with Crippen LogP contribution in [0.2, 0.25) is 5.02 Å². The maximum Gasteiger partial charge on any atom is 0.224 e. The van der Waals surface area contributed by atoms with Crippen LogP contribution in [0.1, 0.15) is 12.0 Å². The maximum absolute atomic E-state index is 11.8. The minimum atomic E-state index is 0.0438. The van der Waals surface area contributed by atoms with Gasteiger partial charge >= 0.3 is 0 Å². The van der Waals surface area contributed by atoms with Gasteiger partial charge in [0, 0.05) is 31.1 Å². The Kier molecular flexibility index (Phi) is 5.73. The lowest BCUT2D eigenvalue weighted by atomic mass is 10.2. The fourth-order valence-corrected chi connectivity index (χ4v) is 1.63. The number of rotatable bonds is 6. The summed E-state index contributed by atoms with van der Waals surface area (Å²) in [4.78, 5) is 13.5. The van der Waals surface area contributed by atoms with Crippen LogP contribution in [0, 0.1) is 0 Å². The summed E-state index contributed by atoms with van der Waals surface area (Å²) < 4.78 is 0. The van der Waals surface area contributed by atoms with Crippen LogP contribution in [0.5, 0.6) is 0 Å². The van der Waals surface area contributed by atoms with E-state index in [1.807, 2.05) is 24.3 Å². The minimum Gasteiger partial charge on any atom is -0.335 e. The van der Waals surface area contributed by atoms with Gasteiger partial charge in [-0.25, -0.2) is 0 Å². The van der Waals surface area contributed by atoms with Crippen molar-refractivity contribution in [3.8, 4) is 0 Å². The SMILES string of the molecule is C=CCN(Cc1ccc(Cl)cc1)C(=O)CCN. The van der Waals surface area contributed by atoms with Crippen molar-refractivity contribution in [1.29, 1.82) is 0 Å². The Balaban J connectivity index is 2.68. The molecule has 17 heavy (non-hydrogen) atoms. The third-order valence-corrected chi connectivity index (χ3v) is 2.60. The predicted molar refractivity (Wildman–Crippen MR) is 70.7 cm³/mol. The molecule has 0 aliphatic carbocycles. The first-order valence-corrected chi connectivity index (χ1v) is 5.88. The van der Waals surface area contributed by atoms with Crippen molar-refractivity contribution < 1.29 is 4.79 Å². The first kappa shape index (κ1) is 13.7. The summed E-state index contributed by atoms with van der Waals surface area (Å²) in [6.07, 6.45) is 2.08. The van der Waals surface area contributed by atoms with Gasteiger partial charge in [-0.05, 0) is 17.7 Å². The molecule has 0 fully saturated rings. The molecule has 0 heterocycles. The quantitative estimate of drug-likeness (QED) is 0.789. The fraction of sp³-hybridized carbons (Fsp3) is 0.308. The maximum atomic E-state index is 11.8. The second kappa shape index (κ2) is 7.09. The molecule has 0 radical (unpaired) electrons. The number of halogens is 1. The molecule has 1 aromatic rings. The molecule has 1 rings (SSSR count). The van der Waals surface area contributed by atoms with E-state index in [1.54, 1.807) is 11.0 Å². The van der Waals surface area contributed by atoms with Crippen LogP contribution in [0.4, 0.5) is 0 Å². The number of hydrogen-bond donors (Lipinski definition) is 1. The van der Waals surface area contributed by atoms with Crippen LogP contribution < -0.4 is 5.73 Å². The number of nitrogens with zero attached hydrogens (tertiary/aromatic N) is 1. The van der Waals surface area contributed by atoms with E-state index in [-0.39, 0.29) is 5.91 Å². The number of carbonyl (C=O) groups is 1. The van der Waals surface area contributed by atoms with Crippen molar-refractivity contribution in [3.63, 3.8) is 0 Å². The normalized spacial score (nSPS) is 10.0. The highest BCUT2D eigenvalue weighted by Crippen LogP contribution is 2.12. The molecule has 4 heteroatoms. The molecule has 1 amide bonds. The van der Waals surface area contributed by atoms with Crippen molar-refractivity contribution in [2.45, 2.75) is 13.0 Å². The van der Waals surface area contributed by atoms with Crippen molar-refractivity contribution in [2.24, 2.45) is 5.73 Å². The van der Waals surface area contributed by atoms with Gasteiger partial charge in [0.2, 0.25) is 5.91 Å². The molecule has 0 saturated heterocycles. The van der Waals surface area contributed by atoms with Crippen LogP contribution in [0.3, 0.4) is 0 Å². The monoisotopic (exact) mass is 252 g/mol. The number of amides is 1. The Labute approximate surface area is 107 Å². The van der Waals surface area contributed by atoms with E-state index < -0.39 is 0 Å². The van der Waals surface area contributed by atoms with E-state index >= 15 is 0 Å². The number of benzene rings is 1. The zero-order valence-corrected chi connectivity index (χ0v) is 10.5. The zero-order valence-electron chi connectivity index (χ0n) is 9.73. The topological polar surface area (TPSA) is 46.3 Å². The molecule has 0 spiro atoms. The van der Waals surface area contributed by atoms with E-state index in [0.717, 1.165) is 5.56 Å². The third kappa shape index (κ3) is 4.59. The highest BCUT2D eigenvalue weighted by molar-refractivity contribution is 6.30. The van der Waals surface area contributed by atoms with Crippen molar-refractivity contribution in [3.05, 3.63) is 47.5 Å². The summed E-state index contributed by atoms with van der Waals surface area (Å²) in [5.74, 6) is 0.0438. The van der Waals surface area contributed by atoms with Gasteiger partial charge in [-0.1, -0.05) is 29.8 Å². The molecule has 0 atom stereocenters. The Hall–Kier alpha value is -1.32. The van der Waals surface area contributed by atoms with E-state index in [2.05, 4.69) is 6.58 Å². The number of nitrogens with two attached hydrogens (primary N) is 1. The highest BCUT2D eigenvalue weighted by Gasteiger charge is 2.11. The standard InChI is InChI=1S/C13H17ClN2O/c1-2-9-16(13(17)7-8-15)10-11-3-5-12(14)6-4-11/h2-6H,1,7-10,15H2. The summed E-state index contributed by atoms with van der Waals surface area (Å²) in [5.41, 5.74) is 6.43. The molecule has 1 aromatic carbocycles. The molecule has 0 aliphatic heterocycles. The van der Waals surface area contributed by atoms with E-state index in [9.17, 15) is 4.79 Å². The van der Waals surface area contributed by atoms with Crippen LogP contribution in [0.25, 0.3) is 0 Å². The van der Waals surface area contributed by atoms with Gasteiger partial charge in [-0.3, -0.25) is 4.79 Å². The van der Waals surface area contributed by atoms with Gasteiger partial charge in [-0.2, -0.15) is 0 Å². The molecule has 92 valence electrons. The van der Waals surface area contributed by atoms with Gasteiger partial charge in [0.1, 0.15) is 0 Å². The lowest BCUT2D eigenvalue weighted by Crippen LogP contribution is -2.32. The fourth-order valence-electron chi connectivity index (χ4n) is 1.50. The van der Waals surface area contributed by atoms with Crippen LogP contribution >= 0.6 is 11.6 Å². The molecule has 3 nitrogen and oxygen atoms in total. The average Bonchev–Trinajstić information content (AvgIpc) is 2.31. The zero-order chi connectivity index (χ0) is 12.7. The second-order valence-electron chi connectivity index (χ2n) is 3.73. The van der Waals surface area contributed by atoms with Gasteiger partial charge < -0.3 is 10.6 Å². The summed E-state index contributed by atoms with van der Waals surface area (Å²) in [7, 11) is 0. The Morgan fingerprint density at radius 2 is 2.06 bits per heavy atom. The lowest BCUT2D eigenvalue weighted by molar-refractivity contribution is -0.131. The third-order valence-electron chi connectivity index (χ3n) is 2.35. The van der Waals surface area contributed by atoms with E-state index in [4.69, 9.17) is 17.3 Å². The Morgan fingerprint density at radius 3 is 2.59 bits per heavy atom. The predicted octanol–water partition coefficient (Wildman–Crippen LogP) is 2.20. The summed E-state index contributed by atoms with van der Waals surface area (Å²) in [5, 5.41) is 0.692. The molecule has 2 N–H and O–H groups in total. The van der Waals surface area contributed by atoms with Gasteiger partial charge in [0.15, 0.2) is 0 Å². The first-order chi connectivity index (χ1) is 8.17. The van der Waals surface area contributed by atoms with Crippen LogP contribution in [-0.2, 0) is 11.3 Å². The molecular formula is C13H17ClN2O. The van der Waals surface area contributed by atoms with Crippen molar-refractivity contribution >= 4 is 17.5 Å². The summed E-state index contributed by atoms with van der Waals surface area (Å²) in [6.45, 7) is 5.11. The minimum absolute atomic E-state index is 0.0438. The number of hydrogen-bond acceptors (Lipinski definition) is 2. The highest BCUT2D eigenvalue weighted by atomic mass is 35.5. The molecular weight excluding hydrogens is 236 g/mol. The van der Waals surface area contributed by atoms with Crippen LogP contribution in [-0.4, -0.2) is 23.9 Å². The Bertz CT molecular complexity index is 376. The Morgan fingerprint density at radius 1 is 1.41 bits per heavy atom. The van der Waals surface area contributed by atoms with Gasteiger partial charge in [0.05, 0.1) is 0 Å². The molecule has 0 unspecified atom stereocenters. The molecule has 0 bridgehead atoms. The molecule has 0 saturated carbocycles. The first-order valence-electron chi connectivity index (χ1n) is 5.50. The summed E-state index contributed by atoms with van der Waals surface area (Å²) >= 11 is 5.81. The largest absolute Gasteiger partial charge is 0.335 e. The van der Waals surface area contributed by atoms with Crippen molar-refractivity contribution in [2.75, 3.05) is 13.1 Å². The van der Waals surface area contributed by atoms with Gasteiger partial charge in [0.25, 0.3) is 0 Å². The molecule has 0 aliphatic rings.